The Kier molecular flexibility index (Phi) is 2.18. The first-order valence-electron chi connectivity index (χ1n) is 4.14. The maximum absolute atomic E-state index is 5.37. The van der Waals surface area contributed by atoms with Crippen molar-refractivity contribution in [2.75, 3.05) is 18.2 Å². The summed E-state index contributed by atoms with van der Waals surface area (Å²) < 4.78 is 0. The summed E-state index contributed by atoms with van der Waals surface area (Å²) in [6, 6.07) is 1.80. The van der Waals surface area contributed by atoms with Crippen LogP contribution in [-0.4, -0.2) is 23.1 Å². The number of anilines is 1. The lowest BCUT2D eigenvalue weighted by Gasteiger charge is -2.25. The van der Waals surface area contributed by atoms with E-state index >= 15 is 0 Å². The SMILES string of the molecule is c1cnc(N2CCCCO2)nc1. The molecule has 0 spiro atoms. The summed E-state index contributed by atoms with van der Waals surface area (Å²) in [6.07, 6.45) is 5.72. The molecule has 1 aliphatic heterocycles. The van der Waals surface area contributed by atoms with Crippen LogP contribution in [0.5, 0.6) is 0 Å². The summed E-state index contributed by atoms with van der Waals surface area (Å²) in [5.41, 5.74) is 0. The predicted molar refractivity (Wildman–Crippen MR) is 44.6 cm³/mol. The van der Waals surface area contributed by atoms with Crippen molar-refractivity contribution in [3.8, 4) is 0 Å². The molecule has 1 fully saturated rings. The summed E-state index contributed by atoms with van der Waals surface area (Å²) in [4.78, 5) is 13.6. The van der Waals surface area contributed by atoms with Gasteiger partial charge in [-0.25, -0.2) is 15.0 Å². The van der Waals surface area contributed by atoms with Crippen LogP contribution in [0.2, 0.25) is 0 Å². The van der Waals surface area contributed by atoms with Gasteiger partial charge in [0.1, 0.15) is 0 Å². The number of hydrogen-bond acceptors (Lipinski definition) is 4. The lowest BCUT2D eigenvalue weighted by atomic mass is 10.3. The third-order valence-electron chi connectivity index (χ3n) is 1.78. The average molecular weight is 165 g/mol. The van der Waals surface area contributed by atoms with Crippen LogP contribution in [0, 0.1) is 0 Å². The molecule has 0 radical (unpaired) electrons. The van der Waals surface area contributed by atoms with E-state index in [0.29, 0.717) is 5.95 Å². The van der Waals surface area contributed by atoms with Gasteiger partial charge in [-0.3, -0.25) is 4.84 Å². The third-order valence-corrected chi connectivity index (χ3v) is 1.78. The molecule has 1 aromatic heterocycles. The van der Waals surface area contributed by atoms with Crippen LogP contribution in [0.1, 0.15) is 12.8 Å². The average Bonchev–Trinajstić information content (AvgIpc) is 2.21. The second-order valence-electron chi connectivity index (χ2n) is 2.69. The van der Waals surface area contributed by atoms with Crippen LogP contribution in [0.3, 0.4) is 0 Å². The van der Waals surface area contributed by atoms with Gasteiger partial charge in [0.15, 0.2) is 0 Å². The van der Waals surface area contributed by atoms with Gasteiger partial charge < -0.3 is 0 Å². The molecule has 2 heterocycles. The molecule has 4 heteroatoms. The smallest absolute Gasteiger partial charge is 0.249 e. The molecule has 1 aromatic rings. The van der Waals surface area contributed by atoms with Gasteiger partial charge in [0, 0.05) is 18.9 Å². The molecule has 64 valence electrons. The van der Waals surface area contributed by atoms with Crippen molar-refractivity contribution < 1.29 is 4.84 Å². The normalized spacial score (nSPS) is 17.8. The molecule has 2 rings (SSSR count). The first-order chi connectivity index (χ1) is 5.97. The molecule has 4 nitrogen and oxygen atoms in total. The van der Waals surface area contributed by atoms with Crippen LogP contribution in [0.25, 0.3) is 0 Å². The van der Waals surface area contributed by atoms with E-state index in [9.17, 15) is 0 Å². The molecule has 12 heavy (non-hydrogen) atoms. The Balaban J connectivity index is 2.08. The summed E-state index contributed by atoms with van der Waals surface area (Å²) in [7, 11) is 0. The Hall–Kier alpha value is -1.16. The number of nitrogens with zero attached hydrogens (tertiary/aromatic N) is 3. The van der Waals surface area contributed by atoms with Gasteiger partial charge in [-0.05, 0) is 18.9 Å². The van der Waals surface area contributed by atoms with Gasteiger partial charge >= 0.3 is 0 Å². The molecule has 0 aromatic carbocycles. The minimum atomic E-state index is 0.664. The highest BCUT2D eigenvalue weighted by molar-refractivity contribution is 5.23. The molecule has 0 atom stereocenters. The van der Waals surface area contributed by atoms with Gasteiger partial charge in [-0.15, -0.1) is 0 Å². The summed E-state index contributed by atoms with van der Waals surface area (Å²) in [5.74, 6) is 0.664. The zero-order valence-electron chi connectivity index (χ0n) is 6.81. The number of hydroxylamine groups is 1. The zero-order valence-corrected chi connectivity index (χ0v) is 6.81. The zero-order chi connectivity index (χ0) is 8.23. The van der Waals surface area contributed by atoms with Crippen LogP contribution in [-0.2, 0) is 4.84 Å². The highest BCUT2D eigenvalue weighted by Crippen LogP contribution is 2.11. The first kappa shape index (κ1) is 7.49. The van der Waals surface area contributed by atoms with Crippen molar-refractivity contribution >= 4 is 5.95 Å². The van der Waals surface area contributed by atoms with E-state index in [1.54, 1.807) is 23.5 Å². The number of aromatic nitrogens is 2. The summed E-state index contributed by atoms with van der Waals surface area (Å²) in [5, 5.41) is 1.75. The van der Waals surface area contributed by atoms with E-state index < -0.39 is 0 Å². The lowest BCUT2D eigenvalue weighted by Crippen LogP contribution is -2.31. The van der Waals surface area contributed by atoms with Crippen LogP contribution >= 0.6 is 0 Å². The minimum Gasteiger partial charge on any atom is -0.271 e. The first-order valence-corrected chi connectivity index (χ1v) is 4.14. The van der Waals surface area contributed by atoms with E-state index in [1.165, 1.54) is 0 Å². The summed E-state index contributed by atoms with van der Waals surface area (Å²) >= 11 is 0. The van der Waals surface area contributed by atoms with E-state index in [-0.39, 0.29) is 0 Å². The third kappa shape index (κ3) is 1.53. The second-order valence-corrected chi connectivity index (χ2v) is 2.69. The van der Waals surface area contributed by atoms with Crippen LogP contribution in [0.4, 0.5) is 5.95 Å². The van der Waals surface area contributed by atoms with Crippen molar-refractivity contribution in [2.24, 2.45) is 0 Å². The molecule has 0 aliphatic carbocycles. The standard InChI is InChI=1S/C8H11N3O/c1-2-7-12-11(6-1)8-9-4-3-5-10-8/h3-5H,1-2,6-7H2. The van der Waals surface area contributed by atoms with Crippen molar-refractivity contribution in [1.29, 1.82) is 0 Å². The number of hydrogen-bond donors (Lipinski definition) is 0. The number of rotatable bonds is 1. The van der Waals surface area contributed by atoms with E-state index in [1.807, 2.05) is 0 Å². The Morgan fingerprint density at radius 1 is 1.25 bits per heavy atom. The largest absolute Gasteiger partial charge is 0.271 e. The van der Waals surface area contributed by atoms with Gasteiger partial charge in [0.2, 0.25) is 5.95 Å². The maximum Gasteiger partial charge on any atom is 0.249 e. The highest BCUT2D eigenvalue weighted by atomic mass is 16.7. The quantitative estimate of drug-likeness (QED) is 0.622. The molecular weight excluding hydrogens is 154 g/mol. The Morgan fingerprint density at radius 3 is 2.75 bits per heavy atom. The fourth-order valence-electron chi connectivity index (χ4n) is 1.17. The summed E-state index contributed by atoms with van der Waals surface area (Å²) in [6.45, 7) is 1.67. The fourth-order valence-corrected chi connectivity index (χ4v) is 1.17. The van der Waals surface area contributed by atoms with Crippen molar-refractivity contribution in [2.45, 2.75) is 12.8 Å². The Bertz CT molecular complexity index is 233. The minimum absolute atomic E-state index is 0.664. The molecule has 0 amide bonds. The van der Waals surface area contributed by atoms with Gasteiger partial charge in [0.25, 0.3) is 0 Å². The Labute approximate surface area is 71.2 Å². The molecule has 1 saturated heterocycles. The second kappa shape index (κ2) is 3.49. The molecule has 0 unspecified atom stereocenters. The molecular formula is C8H11N3O. The van der Waals surface area contributed by atoms with Crippen molar-refractivity contribution in [3.63, 3.8) is 0 Å². The van der Waals surface area contributed by atoms with Gasteiger partial charge in [-0.1, -0.05) is 0 Å². The monoisotopic (exact) mass is 165 g/mol. The maximum atomic E-state index is 5.37. The molecule has 0 saturated carbocycles. The van der Waals surface area contributed by atoms with Crippen molar-refractivity contribution in [3.05, 3.63) is 18.5 Å². The van der Waals surface area contributed by atoms with Gasteiger partial charge in [-0.2, -0.15) is 0 Å². The van der Waals surface area contributed by atoms with Crippen molar-refractivity contribution in [1.82, 2.24) is 9.97 Å². The molecule has 1 aliphatic rings. The van der Waals surface area contributed by atoms with Crippen LogP contribution < -0.4 is 5.06 Å². The fraction of sp³-hybridized carbons (Fsp3) is 0.500. The lowest BCUT2D eigenvalue weighted by molar-refractivity contribution is 0.0743. The highest BCUT2D eigenvalue weighted by Gasteiger charge is 2.12. The topological polar surface area (TPSA) is 38.2 Å². The Morgan fingerprint density at radius 2 is 2.08 bits per heavy atom. The van der Waals surface area contributed by atoms with Crippen LogP contribution in [0.15, 0.2) is 18.5 Å². The van der Waals surface area contributed by atoms with E-state index in [4.69, 9.17) is 4.84 Å². The van der Waals surface area contributed by atoms with E-state index in [0.717, 1.165) is 26.0 Å². The predicted octanol–water partition coefficient (Wildman–Crippen LogP) is 1.01. The van der Waals surface area contributed by atoms with Gasteiger partial charge in [0.05, 0.1) is 6.61 Å². The van der Waals surface area contributed by atoms with E-state index in [2.05, 4.69) is 9.97 Å². The molecule has 0 bridgehead atoms. The molecule has 0 N–H and O–H groups in total.